The van der Waals surface area contributed by atoms with Gasteiger partial charge in [-0.15, -0.1) is 0 Å². The Morgan fingerprint density at radius 3 is 1.36 bits per heavy atom. The van der Waals surface area contributed by atoms with E-state index in [-0.39, 0.29) is 0 Å². The second-order valence-corrected chi connectivity index (χ2v) is 6.99. The van der Waals surface area contributed by atoms with Gasteiger partial charge in [0, 0.05) is 0 Å². The molecule has 0 aromatic heterocycles. The van der Waals surface area contributed by atoms with Crippen LogP contribution in [-0.2, 0) is 0 Å². The summed E-state index contributed by atoms with van der Waals surface area (Å²) >= 11 is 0. The summed E-state index contributed by atoms with van der Waals surface area (Å²) < 4.78 is 0. The van der Waals surface area contributed by atoms with Crippen LogP contribution in [0.3, 0.4) is 0 Å². The molecule has 0 heterocycles. The number of hydrogen-bond donors (Lipinski definition) is 0. The van der Waals surface area contributed by atoms with E-state index in [2.05, 4.69) is 24.3 Å². The molecule has 0 aliphatic heterocycles. The van der Waals surface area contributed by atoms with Crippen molar-refractivity contribution in [1.29, 1.82) is 0 Å². The molecule has 1 aliphatic carbocycles. The number of allylic oxidation sites excluding steroid dienone is 4. The molecule has 127 valence electrons. The summed E-state index contributed by atoms with van der Waals surface area (Å²) in [6, 6.07) is 0. The first-order chi connectivity index (χ1) is 11.0. The molecule has 0 heteroatoms. The van der Waals surface area contributed by atoms with Crippen molar-refractivity contribution in [1.82, 2.24) is 0 Å². The Bertz CT molecular complexity index is 233. The minimum atomic E-state index is 1.14. The average molecular weight is 304 g/mol. The van der Waals surface area contributed by atoms with Crippen molar-refractivity contribution in [3.8, 4) is 0 Å². The predicted molar refractivity (Wildman–Crippen MR) is 100 cm³/mol. The number of hydrogen-bond acceptors (Lipinski definition) is 0. The second kappa shape index (κ2) is 16.8. The van der Waals surface area contributed by atoms with Gasteiger partial charge in [0.25, 0.3) is 0 Å². The third-order valence-corrected chi connectivity index (χ3v) is 4.79. The molecule has 0 N–H and O–H groups in total. The van der Waals surface area contributed by atoms with Crippen LogP contribution in [0.2, 0.25) is 0 Å². The molecule has 0 aromatic carbocycles. The zero-order valence-electron chi connectivity index (χ0n) is 15.0. The molecule has 1 aliphatic rings. The van der Waals surface area contributed by atoms with Crippen molar-refractivity contribution >= 4 is 0 Å². The van der Waals surface area contributed by atoms with Crippen LogP contribution in [0.25, 0.3) is 0 Å². The molecule has 22 heavy (non-hydrogen) atoms. The first-order valence-electron chi connectivity index (χ1n) is 10.2. The van der Waals surface area contributed by atoms with Gasteiger partial charge in [-0.25, -0.2) is 0 Å². The first-order valence-corrected chi connectivity index (χ1v) is 10.2. The normalized spacial score (nSPS) is 25.5. The van der Waals surface area contributed by atoms with Gasteiger partial charge in [0.15, 0.2) is 0 Å². The van der Waals surface area contributed by atoms with E-state index in [1.54, 1.807) is 0 Å². The van der Waals surface area contributed by atoms with Crippen LogP contribution in [0.1, 0.15) is 116 Å². The molecule has 0 bridgehead atoms. The largest absolute Gasteiger partial charge is 0.0845 e. The smallest absolute Gasteiger partial charge is 0.0276 e. The van der Waals surface area contributed by atoms with Crippen molar-refractivity contribution in [3.63, 3.8) is 0 Å². The lowest BCUT2D eigenvalue weighted by molar-refractivity contribution is 0.528. The second-order valence-electron chi connectivity index (χ2n) is 6.99. The molecule has 0 saturated heterocycles. The monoisotopic (exact) mass is 303 g/mol. The minimum Gasteiger partial charge on any atom is -0.0845 e. The molecule has 0 amide bonds. The Morgan fingerprint density at radius 2 is 0.864 bits per heavy atom. The van der Waals surface area contributed by atoms with Gasteiger partial charge in [0.05, 0.1) is 0 Å². The summed E-state index contributed by atoms with van der Waals surface area (Å²) in [5.74, 6) is 0. The van der Waals surface area contributed by atoms with Crippen LogP contribution >= 0.6 is 0 Å². The molecule has 0 saturated carbocycles. The van der Waals surface area contributed by atoms with Gasteiger partial charge in [-0.1, -0.05) is 108 Å². The first kappa shape index (κ1) is 19.5. The summed E-state index contributed by atoms with van der Waals surface area (Å²) in [6.45, 7) is 0. The third kappa shape index (κ3) is 14.4. The van der Waals surface area contributed by atoms with Crippen molar-refractivity contribution < 1.29 is 0 Å². The fourth-order valence-electron chi connectivity index (χ4n) is 3.28. The lowest BCUT2D eigenvalue weighted by Crippen LogP contribution is -1.84. The van der Waals surface area contributed by atoms with Crippen LogP contribution in [0.4, 0.5) is 0 Å². The van der Waals surface area contributed by atoms with Gasteiger partial charge in [-0.05, 0) is 31.8 Å². The highest BCUT2D eigenvalue weighted by Crippen LogP contribution is 2.14. The Labute approximate surface area is 140 Å². The van der Waals surface area contributed by atoms with E-state index < -0.39 is 0 Å². The van der Waals surface area contributed by atoms with Gasteiger partial charge in [-0.2, -0.15) is 0 Å². The van der Waals surface area contributed by atoms with Crippen LogP contribution in [0.15, 0.2) is 18.2 Å². The highest BCUT2D eigenvalue weighted by Gasteiger charge is 1.95. The van der Waals surface area contributed by atoms with E-state index in [0.29, 0.717) is 0 Å². The molecule has 1 rings (SSSR count). The van der Waals surface area contributed by atoms with Gasteiger partial charge in [0.2, 0.25) is 0 Å². The standard InChI is InChI=1S/C22H39/c1-2-4-6-8-10-12-14-16-18-20-22-21-19-17-15-13-11-9-7-5-3-1/h1-3H,4,6-22H2/b2-1-,5-3?. The maximum absolute atomic E-state index is 3.41. The molecule has 0 nitrogen and oxygen atoms in total. The zero-order chi connectivity index (χ0) is 15.6. The van der Waals surface area contributed by atoms with Crippen LogP contribution in [0, 0.1) is 6.08 Å². The third-order valence-electron chi connectivity index (χ3n) is 4.79. The lowest BCUT2D eigenvalue weighted by atomic mass is 10.0. The maximum Gasteiger partial charge on any atom is -0.0276 e. The number of rotatable bonds is 0. The summed E-state index contributed by atoms with van der Waals surface area (Å²) in [6.07, 6.45) is 35.5. The van der Waals surface area contributed by atoms with E-state index >= 15 is 0 Å². The Hall–Kier alpha value is -0.520. The van der Waals surface area contributed by atoms with E-state index in [9.17, 15) is 0 Å². The highest BCUT2D eigenvalue weighted by atomic mass is 14.0. The fraction of sp³-hybridized carbons (Fsp3) is 0.818. The van der Waals surface area contributed by atoms with Gasteiger partial charge in [-0.3, -0.25) is 0 Å². The van der Waals surface area contributed by atoms with E-state index in [1.807, 2.05) is 0 Å². The lowest BCUT2D eigenvalue weighted by Gasteiger charge is -2.03. The zero-order valence-corrected chi connectivity index (χ0v) is 15.0. The van der Waals surface area contributed by atoms with Crippen molar-refractivity contribution in [2.75, 3.05) is 0 Å². The molecule has 1 radical (unpaired) electrons. The topological polar surface area (TPSA) is 0 Å². The van der Waals surface area contributed by atoms with E-state index in [0.717, 1.165) is 6.42 Å². The van der Waals surface area contributed by atoms with Gasteiger partial charge < -0.3 is 0 Å². The molecule has 0 unspecified atom stereocenters. The Balaban J connectivity index is 2.10. The quantitative estimate of drug-likeness (QED) is 0.426. The van der Waals surface area contributed by atoms with Gasteiger partial charge >= 0.3 is 0 Å². The van der Waals surface area contributed by atoms with Crippen LogP contribution in [0.5, 0.6) is 0 Å². The van der Waals surface area contributed by atoms with Crippen molar-refractivity contribution in [2.24, 2.45) is 0 Å². The molecule has 0 spiro atoms. The van der Waals surface area contributed by atoms with Crippen LogP contribution < -0.4 is 0 Å². The van der Waals surface area contributed by atoms with Crippen molar-refractivity contribution in [3.05, 3.63) is 24.3 Å². The Kier molecular flexibility index (Phi) is 15.0. The molecular formula is C22H39. The summed E-state index contributed by atoms with van der Waals surface area (Å²) in [5.41, 5.74) is 0. The maximum atomic E-state index is 3.41. The Morgan fingerprint density at radius 1 is 0.455 bits per heavy atom. The average Bonchev–Trinajstić information content (AvgIpc) is 2.53. The summed E-state index contributed by atoms with van der Waals surface area (Å²) in [5, 5.41) is 0. The SMILES string of the molecule is [C]1=C/C=C\CCCCCCCCCCCCCCCCCC/1. The minimum absolute atomic E-state index is 1.14. The fourth-order valence-corrected chi connectivity index (χ4v) is 3.28. The molecular weight excluding hydrogens is 264 g/mol. The van der Waals surface area contributed by atoms with Crippen molar-refractivity contribution in [2.45, 2.75) is 116 Å². The summed E-state index contributed by atoms with van der Waals surface area (Å²) in [4.78, 5) is 0. The van der Waals surface area contributed by atoms with E-state index in [1.165, 1.54) is 109 Å². The van der Waals surface area contributed by atoms with Crippen LogP contribution in [-0.4, -0.2) is 0 Å². The summed E-state index contributed by atoms with van der Waals surface area (Å²) in [7, 11) is 0. The molecule has 0 fully saturated rings. The molecule has 0 atom stereocenters. The van der Waals surface area contributed by atoms with E-state index in [4.69, 9.17) is 0 Å². The van der Waals surface area contributed by atoms with Gasteiger partial charge in [0.1, 0.15) is 0 Å². The predicted octanol–water partition coefficient (Wildman–Crippen LogP) is 7.94. The highest BCUT2D eigenvalue weighted by molar-refractivity contribution is 4.98. The molecule has 0 aromatic rings.